The van der Waals surface area contributed by atoms with Crippen molar-refractivity contribution in [3.05, 3.63) is 35.9 Å². The Labute approximate surface area is 206 Å². The topological polar surface area (TPSA) is 257 Å². The number of aliphatic carboxylic acids is 1. The van der Waals surface area contributed by atoms with Gasteiger partial charge in [0.1, 0.15) is 18.1 Å². The lowest BCUT2D eigenvalue weighted by atomic mass is 10.0. The van der Waals surface area contributed by atoms with Gasteiger partial charge in [0.15, 0.2) is 0 Å². The summed E-state index contributed by atoms with van der Waals surface area (Å²) in [6, 6.07) is 2.80. The molecule has 0 saturated carbocycles. The molecule has 1 rings (SSSR count). The zero-order chi connectivity index (χ0) is 27.4. The third kappa shape index (κ3) is 10.5. The molecule has 5 unspecified atom stereocenters. The van der Waals surface area contributed by atoms with Crippen LogP contribution in [0, 0.1) is 0 Å². The Bertz CT molecular complexity index is 955. The number of benzene rings is 1. The molecule has 198 valence electrons. The molecule has 1 aromatic rings. The summed E-state index contributed by atoms with van der Waals surface area (Å²) >= 11 is 0. The van der Waals surface area contributed by atoms with Crippen LogP contribution in [0.2, 0.25) is 0 Å². The van der Waals surface area contributed by atoms with Crippen LogP contribution >= 0.6 is 0 Å². The van der Waals surface area contributed by atoms with Crippen LogP contribution in [0.1, 0.15) is 31.7 Å². The first-order valence-corrected chi connectivity index (χ1v) is 11.0. The number of aliphatic hydroxyl groups is 1. The number of nitrogens with two attached hydrogens (primary N) is 3. The van der Waals surface area contributed by atoms with Crippen molar-refractivity contribution in [2.45, 2.75) is 62.9 Å². The maximum atomic E-state index is 13.1. The molecule has 0 aliphatic rings. The fraction of sp³-hybridized carbons (Fsp3) is 0.455. The predicted octanol–water partition coefficient (Wildman–Crippen LogP) is -3.38. The molecule has 0 aliphatic heterocycles. The molecule has 11 N–H and O–H groups in total. The first kappa shape index (κ1) is 30.0. The van der Waals surface area contributed by atoms with E-state index in [2.05, 4.69) is 16.0 Å². The zero-order valence-corrected chi connectivity index (χ0v) is 19.7. The summed E-state index contributed by atoms with van der Waals surface area (Å²) < 4.78 is 0. The molecule has 0 aliphatic carbocycles. The molecule has 1 aromatic carbocycles. The monoisotopic (exact) mass is 508 g/mol. The standard InChI is InChI=1S/C22H32N6O8/c1-11(29)18(21(34)26-14(22(35)36)7-8-16(24)30)28-20(33)15(9-12-5-3-2-4-6-12)27-19(32)13(23)10-17(25)31/h2-6,11,13-15,18,29H,7-10,23H2,1H3,(H2,24,30)(H2,25,31)(H,26,34)(H,27,32)(H,28,33)(H,35,36). The number of rotatable bonds is 15. The van der Waals surface area contributed by atoms with Gasteiger partial charge in [0.25, 0.3) is 0 Å². The van der Waals surface area contributed by atoms with E-state index in [-0.39, 0.29) is 19.3 Å². The molecule has 14 nitrogen and oxygen atoms in total. The van der Waals surface area contributed by atoms with Crippen molar-refractivity contribution in [1.82, 2.24) is 16.0 Å². The second kappa shape index (κ2) is 14.4. The first-order valence-electron chi connectivity index (χ1n) is 11.0. The summed E-state index contributed by atoms with van der Waals surface area (Å²) in [5.41, 5.74) is 16.4. The minimum absolute atomic E-state index is 0.0355. The minimum Gasteiger partial charge on any atom is -0.480 e. The van der Waals surface area contributed by atoms with E-state index in [1.807, 2.05) is 0 Å². The lowest BCUT2D eigenvalue weighted by Crippen LogP contribution is -2.60. The molecular weight excluding hydrogens is 476 g/mol. The van der Waals surface area contributed by atoms with Gasteiger partial charge in [-0.1, -0.05) is 30.3 Å². The number of aliphatic hydroxyl groups excluding tert-OH is 1. The van der Waals surface area contributed by atoms with Crippen molar-refractivity contribution < 1.29 is 39.0 Å². The maximum absolute atomic E-state index is 13.1. The van der Waals surface area contributed by atoms with Gasteiger partial charge >= 0.3 is 5.97 Å². The third-order valence-corrected chi connectivity index (χ3v) is 5.03. The number of amides is 5. The van der Waals surface area contributed by atoms with Gasteiger partial charge in [-0.15, -0.1) is 0 Å². The Balaban J connectivity index is 3.06. The molecule has 0 bridgehead atoms. The van der Waals surface area contributed by atoms with Crippen LogP contribution in [0.5, 0.6) is 0 Å². The Morgan fingerprint density at radius 2 is 1.44 bits per heavy atom. The number of hydrogen-bond acceptors (Lipinski definition) is 8. The Kier molecular flexibility index (Phi) is 12.0. The molecule has 14 heteroatoms. The van der Waals surface area contributed by atoms with Gasteiger partial charge in [0, 0.05) is 12.8 Å². The molecule has 0 fully saturated rings. The first-order chi connectivity index (χ1) is 16.8. The van der Waals surface area contributed by atoms with Crippen LogP contribution in [-0.4, -0.2) is 76.0 Å². The van der Waals surface area contributed by atoms with E-state index < -0.39 is 72.2 Å². The fourth-order valence-electron chi connectivity index (χ4n) is 3.11. The molecule has 0 radical (unpaired) electrons. The van der Waals surface area contributed by atoms with E-state index in [1.165, 1.54) is 6.92 Å². The molecule has 0 heterocycles. The lowest BCUT2D eigenvalue weighted by molar-refractivity contribution is -0.143. The van der Waals surface area contributed by atoms with Crippen LogP contribution in [0.15, 0.2) is 30.3 Å². The van der Waals surface area contributed by atoms with E-state index >= 15 is 0 Å². The van der Waals surface area contributed by atoms with Crippen molar-refractivity contribution >= 4 is 35.5 Å². The molecule has 5 amide bonds. The van der Waals surface area contributed by atoms with Crippen LogP contribution < -0.4 is 33.2 Å². The van der Waals surface area contributed by atoms with Crippen molar-refractivity contribution in [3.63, 3.8) is 0 Å². The SMILES string of the molecule is CC(O)C(NC(=O)C(Cc1ccccc1)NC(=O)C(N)CC(N)=O)C(=O)NC(CCC(N)=O)C(=O)O. The molecule has 36 heavy (non-hydrogen) atoms. The highest BCUT2D eigenvalue weighted by Crippen LogP contribution is 2.06. The van der Waals surface area contributed by atoms with Crippen LogP contribution in [0.4, 0.5) is 0 Å². The van der Waals surface area contributed by atoms with Gasteiger partial charge in [-0.25, -0.2) is 4.79 Å². The van der Waals surface area contributed by atoms with E-state index in [0.29, 0.717) is 5.56 Å². The summed E-state index contributed by atoms with van der Waals surface area (Å²) in [6.07, 6.45) is -2.59. The highest BCUT2D eigenvalue weighted by molar-refractivity contribution is 5.95. The van der Waals surface area contributed by atoms with Gasteiger partial charge in [-0.3, -0.25) is 24.0 Å². The van der Waals surface area contributed by atoms with Crippen molar-refractivity contribution in [3.8, 4) is 0 Å². The zero-order valence-electron chi connectivity index (χ0n) is 19.7. The number of carboxylic acids is 1. The maximum Gasteiger partial charge on any atom is 0.326 e. The molecule has 0 saturated heterocycles. The summed E-state index contributed by atoms with van der Waals surface area (Å²) in [6.45, 7) is 1.19. The van der Waals surface area contributed by atoms with Gasteiger partial charge in [0.05, 0.1) is 18.6 Å². The number of carboxylic acid groups (broad SMARTS) is 1. The number of primary amides is 2. The molecule has 0 aromatic heterocycles. The summed E-state index contributed by atoms with van der Waals surface area (Å²) in [5.74, 6) is -5.81. The Hall–Kier alpha value is -4.04. The highest BCUT2D eigenvalue weighted by atomic mass is 16.4. The minimum atomic E-state index is -1.61. The number of carbonyl (C=O) groups excluding carboxylic acids is 5. The number of nitrogens with one attached hydrogen (secondary N) is 3. The third-order valence-electron chi connectivity index (χ3n) is 5.03. The van der Waals surface area contributed by atoms with Crippen molar-refractivity contribution in [2.24, 2.45) is 17.2 Å². The highest BCUT2D eigenvalue weighted by Gasteiger charge is 2.33. The molecular formula is C22H32N6O8. The van der Waals surface area contributed by atoms with Crippen molar-refractivity contribution in [1.29, 1.82) is 0 Å². The lowest BCUT2D eigenvalue weighted by Gasteiger charge is -2.26. The van der Waals surface area contributed by atoms with Crippen LogP contribution in [0.25, 0.3) is 0 Å². The Morgan fingerprint density at radius 3 is 1.94 bits per heavy atom. The number of carbonyl (C=O) groups is 6. The molecule has 5 atom stereocenters. The fourth-order valence-corrected chi connectivity index (χ4v) is 3.11. The normalized spacial score (nSPS) is 14.9. The van der Waals surface area contributed by atoms with Crippen molar-refractivity contribution in [2.75, 3.05) is 0 Å². The van der Waals surface area contributed by atoms with E-state index in [4.69, 9.17) is 17.2 Å². The molecule has 0 spiro atoms. The second-order valence-electron chi connectivity index (χ2n) is 8.16. The summed E-state index contributed by atoms with van der Waals surface area (Å²) in [5, 5.41) is 26.2. The second-order valence-corrected chi connectivity index (χ2v) is 8.16. The van der Waals surface area contributed by atoms with E-state index in [1.54, 1.807) is 30.3 Å². The summed E-state index contributed by atoms with van der Waals surface area (Å²) in [4.78, 5) is 71.7. The van der Waals surface area contributed by atoms with E-state index in [9.17, 15) is 39.0 Å². The van der Waals surface area contributed by atoms with Gasteiger partial charge in [-0.05, 0) is 18.9 Å². The quantitative estimate of drug-likeness (QED) is 0.117. The average Bonchev–Trinajstić information content (AvgIpc) is 2.78. The average molecular weight is 509 g/mol. The number of hydrogen-bond donors (Lipinski definition) is 8. The van der Waals surface area contributed by atoms with Gasteiger partial charge < -0.3 is 43.4 Å². The van der Waals surface area contributed by atoms with Crippen LogP contribution in [-0.2, 0) is 35.2 Å². The smallest absolute Gasteiger partial charge is 0.326 e. The van der Waals surface area contributed by atoms with E-state index in [0.717, 1.165) is 0 Å². The Morgan fingerprint density at radius 1 is 0.861 bits per heavy atom. The largest absolute Gasteiger partial charge is 0.480 e. The summed E-state index contributed by atoms with van der Waals surface area (Å²) in [7, 11) is 0. The predicted molar refractivity (Wildman–Crippen MR) is 125 cm³/mol. The van der Waals surface area contributed by atoms with Gasteiger partial charge in [0.2, 0.25) is 29.5 Å². The van der Waals surface area contributed by atoms with Gasteiger partial charge in [-0.2, -0.15) is 0 Å². The van der Waals surface area contributed by atoms with Crippen LogP contribution in [0.3, 0.4) is 0 Å².